The second-order valence-electron chi connectivity index (χ2n) is 5.06. The van der Waals surface area contributed by atoms with Gasteiger partial charge in [0.05, 0.1) is 9.77 Å². The number of ether oxygens (including phenoxy) is 1. The van der Waals surface area contributed by atoms with Gasteiger partial charge < -0.3 is 10.5 Å². The summed E-state index contributed by atoms with van der Waals surface area (Å²) in [7, 11) is -3.79. The van der Waals surface area contributed by atoms with Crippen LogP contribution in [-0.2, 0) is 10.0 Å². The highest BCUT2D eigenvalue weighted by molar-refractivity contribution is 7.92. The van der Waals surface area contributed by atoms with Crippen molar-refractivity contribution in [3.63, 3.8) is 0 Å². The van der Waals surface area contributed by atoms with Gasteiger partial charge in [0.2, 0.25) is 0 Å². The summed E-state index contributed by atoms with van der Waals surface area (Å²) in [5.74, 6) is 0.614. The summed E-state index contributed by atoms with van der Waals surface area (Å²) in [6.07, 6.45) is 0. The number of carbonyl (C=O) groups is 1. The van der Waals surface area contributed by atoms with Gasteiger partial charge in [0.1, 0.15) is 11.5 Å². The number of amides is 1. The lowest BCUT2D eigenvalue weighted by Gasteiger charge is -2.08. The van der Waals surface area contributed by atoms with Crippen LogP contribution in [0.2, 0.25) is 0 Å². The number of sulfonamides is 1. The van der Waals surface area contributed by atoms with Crippen LogP contribution < -0.4 is 15.2 Å². The average Bonchev–Trinajstić information content (AvgIpc) is 3.09. The molecule has 0 saturated carbocycles. The highest BCUT2D eigenvalue weighted by atomic mass is 32.2. The molecule has 128 valence electrons. The molecule has 1 heterocycles. The molecule has 0 aliphatic carbocycles. The molecule has 3 N–H and O–H groups in total. The minimum Gasteiger partial charge on any atom is -0.457 e. The van der Waals surface area contributed by atoms with E-state index in [-0.39, 0.29) is 9.77 Å². The van der Waals surface area contributed by atoms with Crippen molar-refractivity contribution in [1.82, 2.24) is 0 Å². The Balaban J connectivity index is 1.72. The van der Waals surface area contributed by atoms with E-state index < -0.39 is 15.9 Å². The van der Waals surface area contributed by atoms with Gasteiger partial charge in [-0.15, -0.1) is 11.3 Å². The largest absolute Gasteiger partial charge is 0.457 e. The van der Waals surface area contributed by atoms with Crippen LogP contribution in [0.25, 0.3) is 0 Å². The molecule has 0 aliphatic rings. The Morgan fingerprint density at radius 2 is 1.64 bits per heavy atom. The van der Waals surface area contributed by atoms with Crippen molar-refractivity contribution >= 4 is 33.0 Å². The molecule has 0 aliphatic heterocycles. The first-order valence-electron chi connectivity index (χ1n) is 7.18. The minimum absolute atomic E-state index is 0.00379. The number of benzene rings is 2. The fourth-order valence-corrected chi connectivity index (χ4v) is 4.20. The molecule has 6 nitrogen and oxygen atoms in total. The van der Waals surface area contributed by atoms with Crippen LogP contribution in [0, 0.1) is 0 Å². The van der Waals surface area contributed by atoms with Gasteiger partial charge in [-0.25, -0.2) is 8.42 Å². The van der Waals surface area contributed by atoms with Crippen LogP contribution >= 0.6 is 11.3 Å². The lowest BCUT2D eigenvalue weighted by Crippen LogP contribution is -2.13. The molecule has 0 spiro atoms. The van der Waals surface area contributed by atoms with Crippen molar-refractivity contribution in [1.29, 1.82) is 0 Å². The van der Waals surface area contributed by atoms with E-state index in [0.717, 1.165) is 11.3 Å². The molecular weight excluding hydrogens is 360 g/mol. The monoisotopic (exact) mass is 374 g/mol. The van der Waals surface area contributed by atoms with E-state index in [9.17, 15) is 13.2 Å². The van der Waals surface area contributed by atoms with Crippen molar-refractivity contribution in [2.75, 3.05) is 4.72 Å². The summed E-state index contributed by atoms with van der Waals surface area (Å²) in [5, 5.41) is 1.37. The fourth-order valence-electron chi connectivity index (χ4n) is 2.02. The van der Waals surface area contributed by atoms with E-state index in [2.05, 4.69) is 4.72 Å². The molecule has 0 fully saturated rings. The van der Waals surface area contributed by atoms with E-state index in [0.29, 0.717) is 17.2 Å². The van der Waals surface area contributed by atoms with Crippen molar-refractivity contribution in [2.24, 2.45) is 5.73 Å². The zero-order valence-corrected chi connectivity index (χ0v) is 14.5. The van der Waals surface area contributed by atoms with Gasteiger partial charge in [-0.3, -0.25) is 9.52 Å². The molecule has 25 heavy (non-hydrogen) atoms. The standard InChI is InChI=1S/C17H14N2O4S2/c18-17(20)16-10-15(11-24-16)25(21,22)19-12-6-8-14(9-7-12)23-13-4-2-1-3-5-13/h1-11,19H,(H2,18,20). The molecule has 8 heteroatoms. The maximum Gasteiger partial charge on any atom is 0.262 e. The van der Waals surface area contributed by atoms with Gasteiger partial charge >= 0.3 is 0 Å². The van der Waals surface area contributed by atoms with E-state index in [1.165, 1.54) is 11.4 Å². The van der Waals surface area contributed by atoms with E-state index in [4.69, 9.17) is 10.5 Å². The summed E-state index contributed by atoms with van der Waals surface area (Å²) >= 11 is 0.985. The lowest BCUT2D eigenvalue weighted by molar-refractivity contribution is 0.100. The molecule has 0 radical (unpaired) electrons. The van der Waals surface area contributed by atoms with Crippen LogP contribution in [0.4, 0.5) is 5.69 Å². The molecule has 0 atom stereocenters. The van der Waals surface area contributed by atoms with Crippen molar-refractivity contribution in [3.05, 3.63) is 70.9 Å². The second kappa shape index (κ2) is 6.96. The summed E-state index contributed by atoms with van der Waals surface area (Å²) in [4.78, 5) is 11.3. The Bertz CT molecular complexity index is 981. The number of hydrogen-bond donors (Lipinski definition) is 2. The number of rotatable bonds is 6. The molecule has 2 aromatic carbocycles. The lowest BCUT2D eigenvalue weighted by atomic mass is 10.3. The van der Waals surface area contributed by atoms with Crippen LogP contribution in [0.3, 0.4) is 0 Å². The summed E-state index contributed by atoms with van der Waals surface area (Å²) in [5.41, 5.74) is 5.53. The number of para-hydroxylation sites is 1. The molecule has 3 rings (SSSR count). The topological polar surface area (TPSA) is 98.5 Å². The third-order valence-electron chi connectivity index (χ3n) is 3.21. The fraction of sp³-hybridized carbons (Fsp3) is 0. The van der Waals surface area contributed by atoms with Crippen molar-refractivity contribution < 1.29 is 17.9 Å². The van der Waals surface area contributed by atoms with Gasteiger partial charge in [0.25, 0.3) is 15.9 Å². The van der Waals surface area contributed by atoms with E-state index >= 15 is 0 Å². The van der Waals surface area contributed by atoms with Gasteiger partial charge in [-0.2, -0.15) is 0 Å². The maximum atomic E-state index is 12.3. The van der Waals surface area contributed by atoms with E-state index in [1.54, 1.807) is 24.3 Å². The third-order valence-corrected chi connectivity index (χ3v) is 5.67. The highest BCUT2D eigenvalue weighted by Gasteiger charge is 2.18. The number of thiophene rings is 1. The summed E-state index contributed by atoms with van der Waals surface area (Å²) in [6.45, 7) is 0. The molecular formula is C17H14N2O4S2. The molecule has 3 aromatic rings. The van der Waals surface area contributed by atoms with Crippen LogP contribution in [0.15, 0.2) is 70.9 Å². The first-order chi connectivity index (χ1) is 11.9. The highest BCUT2D eigenvalue weighted by Crippen LogP contribution is 2.25. The second-order valence-corrected chi connectivity index (χ2v) is 7.65. The van der Waals surface area contributed by atoms with Gasteiger partial charge in [-0.05, 0) is 42.5 Å². The number of hydrogen-bond acceptors (Lipinski definition) is 5. The molecule has 1 amide bonds. The van der Waals surface area contributed by atoms with Gasteiger partial charge in [-0.1, -0.05) is 18.2 Å². The zero-order chi connectivity index (χ0) is 17.9. The first-order valence-corrected chi connectivity index (χ1v) is 9.54. The smallest absolute Gasteiger partial charge is 0.262 e. The predicted octanol–water partition coefficient (Wildman–Crippen LogP) is 3.44. The van der Waals surface area contributed by atoms with E-state index in [1.807, 2.05) is 30.3 Å². The minimum atomic E-state index is -3.79. The Morgan fingerprint density at radius 1 is 1.00 bits per heavy atom. The van der Waals surface area contributed by atoms with Crippen LogP contribution in [0.1, 0.15) is 9.67 Å². The Hall–Kier alpha value is -2.84. The third kappa shape index (κ3) is 4.17. The Kier molecular flexibility index (Phi) is 4.73. The zero-order valence-electron chi connectivity index (χ0n) is 12.9. The summed E-state index contributed by atoms with van der Waals surface area (Å²) in [6, 6.07) is 17.0. The number of anilines is 1. The number of carbonyl (C=O) groups excluding carboxylic acids is 1. The Morgan fingerprint density at radius 3 is 2.24 bits per heavy atom. The molecule has 0 bridgehead atoms. The summed E-state index contributed by atoms with van der Waals surface area (Å²) < 4.78 is 32.8. The van der Waals surface area contributed by atoms with Gasteiger partial charge in [0.15, 0.2) is 0 Å². The molecule has 0 saturated heterocycles. The molecule has 0 unspecified atom stereocenters. The van der Waals surface area contributed by atoms with Gasteiger partial charge in [0, 0.05) is 11.1 Å². The van der Waals surface area contributed by atoms with Crippen molar-refractivity contribution in [2.45, 2.75) is 4.90 Å². The SMILES string of the molecule is NC(=O)c1cc(S(=O)(=O)Nc2ccc(Oc3ccccc3)cc2)cs1. The average molecular weight is 374 g/mol. The number of nitrogens with two attached hydrogens (primary N) is 1. The first kappa shape index (κ1) is 17.0. The van der Waals surface area contributed by atoms with Crippen LogP contribution in [-0.4, -0.2) is 14.3 Å². The number of nitrogens with one attached hydrogen (secondary N) is 1. The Labute approximate surface area is 148 Å². The predicted molar refractivity (Wildman–Crippen MR) is 96.6 cm³/mol. The maximum absolute atomic E-state index is 12.3. The molecule has 1 aromatic heterocycles. The normalized spacial score (nSPS) is 11.0. The van der Waals surface area contributed by atoms with Crippen LogP contribution in [0.5, 0.6) is 11.5 Å². The van der Waals surface area contributed by atoms with Crippen molar-refractivity contribution in [3.8, 4) is 11.5 Å². The number of primary amides is 1. The quantitative estimate of drug-likeness (QED) is 0.690.